The Morgan fingerprint density at radius 1 is 0.750 bits per heavy atom. The fraction of sp³-hybridized carbons (Fsp3) is 0.750. The Labute approximate surface area is 118 Å². The molecule has 0 unspecified atom stereocenters. The Bertz CT molecular complexity index is 265. The topological polar surface area (TPSA) is 0 Å². The molecule has 0 N–H and O–H groups in total. The van der Waals surface area contributed by atoms with Gasteiger partial charge in [0, 0.05) is 0 Å². The summed E-state index contributed by atoms with van der Waals surface area (Å²) in [5.74, 6) is 0. The van der Waals surface area contributed by atoms with Crippen molar-refractivity contribution in [2.45, 2.75) is 58.9 Å². The first-order valence-electron chi connectivity index (χ1n) is 5.75. The first-order chi connectivity index (χ1) is 6.34. The molecular formula is C12H27LiSi3. The fourth-order valence-corrected chi connectivity index (χ4v) is 12.4. The number of rotatable bonds is 3. The van der Waals surface area contributed by atoms with Gasteiger partial charge in [0.25, 0.3) is 0 Å². The van der Waals surface area contributed by atoms with Gasteiger partial charge in [0.1, 0.15) is 0 Å². The van der Waals surface area contributed by atoms with E-state index in [1.165, 1.54) is 0 Å². The zero-order valence-corrected chi connectivity index (χ0v) is 16.0. The van der Waals surface area contributed by atoms with E-state index < -0.39 is 24.2 Å². The second-order valence-electron chi connectivity index (χ2n) is 7.38. The van der Waals surface area contributed by atoms with Crippen molar-refractivity contribution in [1.29, 1.82) is 0 Å². The Morgan fingerprint density at radius 2 is 1.06 bits per heavy atom. The zero-order valence-electron chi connectivity index (χ0n) is 13.0. The Balaban J connectivity index is 0. The molecule has 0 heterocycles. The van der Waals surface area contributed by atoms with Crippen LogP contribution in [-0.4, -0.2) is 24.2 Å². The van der Waals surface area contributed by atoms with Gasteiger partial charge in [-0.2, -0.15) is 4.82 Å². The third-order valence-corrected chi connectivity index (χ3v) is 10.7. The molecule has 0 radical (unpaired) electrons. The molecule has 0 aromatic rings. The molecule has 0 aliphatic heterocycles. The van der Waals surface area contributed by atoms with Crippen molar-refractivity contribution in [3.63, 3.8) is 0 Å². The number of hydrogen-bond donors (Lipinski definition) is 0. The summed E-state index contributed by atoms with van der Waals surface area (Å²) in [5, 5.41) is 0. The van der Waals surface area contributed by atoms with E-state index in [4.69, 9.17) is 0 Å². The predicted octanol–water partition coefficient (Wildman–Crippen LogP) is 1.51. The van der Waals surface area contributed by atoms with Gasteiger partial charge >= 0.3 is 18.9 Å². The van der Waals surface area contributed by atoms with Crippen LogP contribution in [0.5, 0.6) is 0 Å². The molecule has 0 bridgehead atoms. The first kappa shape index (κ1) is 19.1. The van der Waals surface area contributed by atoms with Gasteiger partial charge in [-0.15, -0.1) is 0 Å². The van der Waals surface area contributed by atoms with Gasteiger partial charge < -0.3 is 5.73 Å². The van der Waals surface area contributed by atoms with Crippen molar-refractivity contribution < 1.29 is 18.9 Å². The maximum atomic E-state index is 3.59. The predicted molar refractivity (Wildman–Crippen MR) is 80.3 cm³/mol. The van der Waals surface area contributed by atoms with Crippen LogP contribution in [0.1, 0.15) is 0 Å². The van der Waals surface area contributed by atoms with Gasteiger partial charge in [-0.3, -0.25) is 0 Å². The quantitative estimate of drug-likeness (QED) is 0.411. The van der Waals surface area contributed by atoms with Crippen LogP contribution >= 0.6 is 0 Å². The van der Waals surface area contributed by atoms with Gasteiger partial charge in [-0.05, 0) is 24.2 Å². The van der Waals surface area contributed by atoms with Crippen LogP contribution in [0.4, 0.5) is 0 Å². The van der Waals surface area contributed by atoms with Crippen LogP contribution in [0.3, 0.4) is 0 Å². The molecule has 0 rings (SSSR count). The molecule has 0 aliphatic carbocycles. The van der Waals surface area contributed by atoms with Crippen LogP contribution in [0.15, 0.2) is 10.6 Å². The summed E-state index contributed by atoms with van der Waals surface area (Å²) in [5.41, 5.74) is 7.15. The Hall–Kier alpha value is 0.768. The van der Waals surface area contributed by atoms with Gasteiger partial charge in [0.05, 0.1) is 0 Å². The summed E-state index contributed by atoms with van der Waals surface area (Å²) < 4.78 is 0. The molecule has 0 atom stereocenters. The first-order valence-corrected chi connectivity index (χ1v) is 16.2. The van der Waals surface area contributed by atoms with Crippen LogP contribution in [0.25, 0.3) is 0 Å². The van der Waals surface area contributed by atoms with E-state index in [1.807, 2.05) is 0 Å². The minimum Gasteiger partial charge on any atom is -0.338 e. The third-order valence-electron chi connectivity index (χ3n) is 2.06. The summed E-state index contributed by atoms with van der Waals surface area (Å²) in [6, 6.07) is 0. The van der Waals surface area contributed by atoms with Crippen molar-refractivity contribution in [2.75, 3.05) is 0 Å². The molecule has 0 amide bonds. The van der Waals surface area contributed by atoms with Crippen LogP contribution < -0.4 is 18.9 Å². The molecule has 16 heavy (non-hydrogen) atoms. The summed E-state index contributed by atoms with van der Waals surface area (Å²) in [7, 11) is -3.60. The summed E-state index contributed by atoms with van der Waals surface area (Å²) in [6.45, 7) is 21.6. The molecule has 0 spiro atoms. The molecule has 0 saturated heterocycles. The van der Waals surface area contributed by atoms with E-state index in [9.17, 15) is 0 Å². The zero-order chi connectivity index (χ0) is 12.5. The van der Waals surface area contributed by atoms with Gasteiger partial charge in [0.2, 0.25) is 0 Å². The largest absolute Gasteiger partial charge is 1.00 e. The minimum absolute atomic E-state index is 0. The van der Waals surface area contributed by atoms with Gasteiger partial charge in [-0.25, -0.2) is 5.70 Å². The molecule has 0 fully saturated rings. The molecule has 0 aromatic heterocycles. The van der Waals surface area contributed by atoms with Crippen molar-refractivity contribution >= 4 is 24.2 Å². The fourth-order valence-electron chi connectivity index (χ4n) is 1.75. The van der Waals surface area contributed by atoms with Crippen molar-refractivity contribution in [2.24, 2.45) is 0 Å². The smallest absolute Gasteiger partial charge is 0.338 e. The summed E-state index contributed by atoms with van der Waals surface area (Å²) >= 11 is 0. The van der Waals surface area contributed by atoms with Crippen LogP contribution in [-0.2, 0) is 0 Å². The van der Waals surface area contributed by atoms with Gasteiger partial charge in [-0.1, -0.05) is 58.9 Å². The molecule has 4 heteroatoms. The summed E-state index contributed by atoms with van der Waals surface area (Å²) in [4.78, 5) is 1.65. The molecule has 0 nitrogen and oxygen atoms in total. The second-order valence-corrected chi connectivity index (χ2v) is 22.6. The number of hydrogen-bond acceptors (Lipinski definition) is 0. The van der Waals surface area contributed by atoms with E-state index in [0.717, 1.165) is 0 Å². The second kappa shape index (κ2) is 6.09. The Morgan fingerprint density at radius 3 is 1.25 bits per heavy atom. The van der Waals surface area contributed by atoms with Crippen molar-refractivity contribution in [3.8, 4) is 0 Å². The molecule has 0 aromatic carbocycles. The maximum absolute atomic E-state index is 3.59. The van der Waals surface area contributed by atoms with E-state index in [2.05, 4.69) is 70.4 Å². The molecule has 0 aliphatic rings. The monoisotopic (exact) mass is 262 g/mol. The van der Waals surface area contributed by atoms with E-state index >= 15 is 0 Å². The third kappa shape index (κ3) is 7.95. The molecular weight excluding hydrogens is 235 g/mol. The van der Waals surface area contributed by atoms with Crippen LogP contribution in [0, 0.1) is 5.70 Å². The Kier molecular flexibility index (Phi) is 7.27. The van der Waals surface area contributed by atoms with E-state index in [-0.39, 0.29) is 18.9 Å². The average Bonchev–Trinajstić information content (AvgIpc) is 1.75. The molecule has 88 valence electrons. The standard InChI is InChI=1S/C12H27Si3.Li/c1-13(2,3)11-10-12(14(4,5)6)15(7,8)9;/h1-9H3;/q-1;+1. The van der Waals surface area contributed by atoms with Crippen molar-refractivity contribution in [3.05, 3.63) is 16.3 Å². The van der Waals surface area contributed by atoms with Crippen LogP contribution in [0.2, 0.25) is 58.9 Å². The van der Waals surface area contributed by atoms with Crippen molar-refractivity contribution in [1.82, 2.24) is 0 Å². The molecule has 0 saturated carbocycles. The average molecular weight is 263 g/mol. The normalized spacial score (nSPS) is 12.6. The summed E-state index contributed by atoms with van der Waals surface area (Å²) in [6.07, 6.45) is 0. The van der Waals surface area contributed by atoms with E-state index in [0.29, 0.717) is 0 Å². The van der Waals surface area contributed by atoms with E-state index in [1.54, 1.807) is 4.82 Å². The SMILES string of the molecule is C[Si](C)(C)[C-]=C=C([Si](C)(C)C)[Si](C)(C)C.[Li+]. The minimum atomic E-state index is -1.22. The van der Waals surface area contributed by atoms with Gasteiger partial charge in [0.15, 0.2) is 0 Å². The maximum Gasteiger partial charge on any atom is 1.00 e.